The molecule has 1 aromatic heterocycles. The number of anilines is 1. The summed E-state index contributed by atoms with van der Waals surface area (Å²) in [5.41, 5.74) is 1.57. The number of likely N-dealkylation sites (tertiary alicyclic amines) is 1. The Kier molecular flexibility index (Phi) is 4.97. The third-order valence-electron chi connectivity index (χ3n) is 4.50. The van der Waals surface area contributed by atoms with Gasteiger partial charge < -0.3 is 15.0 Å². The molecular formula is C19H21N3O3. The summed E-state index contributed by atoms with van der Waals surface area (Å²) >= 11 is 0. The molecule has 130 valence electrons. The van der Waals surface area contributed by atoms with E-state index >= 15 is 0 Å². The van der Waals surface area contributed by atoms with Crippen molar-refractivity contribution < 1.29 is 14.3 Å². The Morgan fingerprint density at radius 1 is 1.28 bits per heavy atom. The Morgan fingerprint density at radius 3 is 2.76 bits per heavy atom. The van der Waals surface area contributed by atoms with Crippen LogP contribution in [-0.4, -0.2) is 35.4 Å². The van der Waals surface area contributed by atoms with Gasteiger partial charge in [0.15, 0.2) is 0 Å². The third kappa shape index (κ3) is 3.63. The largest absolute Gasteiger partial charge is 0.480 e. The molecule has 6 nitrogen and oxygen atoms in total. The van der Waals surface area contributed by atoms with Crippen molar-refractivity contribution in [3.05, 3.63) is 54.2 Å². The molecule has 0 aliphatic carbocycles. The van der Waals surface area contributed by atoms with Crippen LogP contribution in [0.2, 0.25) is 0 Å². The van der Waals surface area contributed by atoms with Gasteiger partial charge in [-0.3, -0.25) is 9.59 Å². The summed E-state index contributed by atoms with van der Waals surface area (Å²) in [6, 6.07) is 13.2. The number of methoxy groups -OCH3 is 1. The first kappa shape index (κ1) is 17.0. The molecular weight excluding hydrogens is 318 g/mol. The van der Waals surface area contributed by atoms with Crippen LogP contribution < -0.4 is 10.1 Å². The fraction of sp³-hybridized carbons (Fsp3) is 0.316. The molecule has 0 spiro atoms. The first-order valence-electron chi connectivity index (χ1n) is 8.24. The van der Waals surface area contributed by atoms with Gasteiger partial charge in [0, 0.05) is 19.2 Å². The lowest BCUT2D eigenvalue weighted by Crippen LogP contribution is -2.30. The molecule has 1 aliphatic rings. The Morgan fingerprint density at radius 2 is 2.04 bits per heavy atom. The van der Waals surface area contributed by atoms with E-state index in [0.717, 1.165) is 5.56 Å². The van der Waals surface area contributed by atoms with Gasteiger partial charge in [-0.1, -0.05) is 30.3 Å². The lowest BCUT2D eigenvalue weighted by atomic mass is 10.1. The number of benzene rings is 1. The van der Waals surface area contributed by atoms with E-state index in [1.807, 2.05) is 37.3 Å². The van der Waals surface area contributed by atoms with Gasteiger partial charge >= 0.3 is 0 Å². The second-order valence-corrected chi connectivity index (χ2v) is 6.08. The summed E-state index contributed by atoms with van der Waals surface area (Å²) in [5.74, 6) is -0.227. The van der Waals surface area contributed by atoms with Gasteiger partial charge in [-0.25, -0.2) is 4.98 Å². The van der Waals surface area contributed by atoms with Crippen LogP contribution in [-0.2, 0) is 9.59 Å². The van der Waals surface area contributed by atoms with Crippen molar-refractivity contribution in [1.29, 1.82) is 0 Å². The lowest BCUT2D eigenvalue weighted by Gasteiger charge is -2.25. The van der Waals surface area contributed by atoms with Gasteiger partial charge in [-0.05, 0) is 24.6 Å². The normalized spacial score (nSPS) is 18.1. The number of hydrogen-bond donors (Lipinski definition) is 1. The van der Waals surface area contributed by atoms with Crippen LogP contribution in [0.1, 0.15) is 24.9 Å². The smallest absolute Gasteiger partial charge is 0.237 e. The van der Waals surface area contributed by atoms with Crippen molar-refractivity contribution in [3.63, 3.8) is 0 Å². The highest BCUT2D eigenvalue weighted by Crippen LogP contribution is 2.29. The molecule has 6 heteroatoms. The third-order valence-corrected chi connectivity index (χ3v) is 4.50. The molecule has 3 rings (SSSR count). The maximum atomic E-state index is 12.6. The quantitative estimate of drug-likeness (QED) is 0.909. The number of carbonyl (C=O) groups excluding carboxylic acids is 2. The first-order chi connectivity index (χ1) is 12.1. The molecule has 0 unspecified atom stereocenters. The van der Waals surface area contributed by atoms with Crippen molar-refractivity contribution in [2.75, 3.05) is 19.0 Å². The predicted octanol–water partition coefficient (Wildman–Crippen LogP) is 2.64. The summed E-state index contributed by atoms with van der Waals surface area (Å²) in [6.45, 7) is 2.39. The van der Waals surface area contributed by atoms with E-state index in [9.17, 15) is 9.59 Å². The number of ether oxygens (including phenoxy) is 1. The van der Waals surface area contributed by atoms with Crippen LogP contribution in [0.15, 0.2) is 48.7 Å². The zero-order chi connectivity index (χ0) is 17.8. The Labute approximate surface area is 146 Å². The van der Waals surface area contributed by atoms with Gasteiger partial charge in [0.1, 0.15) is 5.69 Å². The Hall–Kier alpha value is -2.89. The van der Waals surface area contributed by atoms with Crippen LogP contribution >= 0.6 is 0 Å². The minimum Gasteiger partial charge on any atom is -0.480 e. The lowest BCUT2D eigenvalue weighted by molar-refractivity contribution is -0.129. The number of nitrogens with one attached hydrogen (secondary N) is 1. The molecule has 1 aromatic carbocycles. The second kappa shape index (κ2) is 7.34. The number of rotatable bonds is 5. The fourth-order valence-electron chi connectivity index (χ4n) is 3.08. The standard InChI is InChI=1S/C19H21N3O3/c1-13(14-7-4-3-5-8-14)22-12-15(11-17(22)23)18(24)21-16-9-6-10-20-19(16)25-2/h3-10,13,15H,11-12H2,1-2H3,(H,21,24)/t13-,15+/m1/s1. The van der Waals surface area contributed by atoms with Gasteiger partial charge in [-0.2, -0.15) is 0 Å². The molecule has 0 bridgehead atoms. The van der Waals surface area contributed by atoms with Gasteiger partial charge in [0.25, 0.3) is 0 Å². The zero-order valence-corrected chi connectivity index (χ0v) is 14.3. The maximum absolute atomic E-state index is 12.6. The molecule has 2 amide bonds. The monoisotopic (exact) mass is 339 g/mol. The topological polar surface area (TPSA) is 71.5 Å². The molecule has 0 radical (unpaired) electrons. The van der Waals surface area contributed by atoms with E-state index in [1.165, 1.54) is 7.11 Å². The average molecular weight is 339 g/mol. The Bertz CT molecular complexity index is 764. The van der Waals surface area contributed by atoms with Gasteiger partial charge in [0.05, 0.1) is 19.1 Å². The maximum Gasteiger partial charge on any atom is 0.237 e. The molecule has 1 aliphatic heterocycles. The van der Waals surface area contributed by atoms with Gasteiger partial charge in [0.2, 0.25) is 17.7 Å². The van der Waals surface area contributed by atoms with E-state index in [4.69, 9.17) is 4.74 Å². The summed E-state index contributed by atoms with van der Waals surface area (Å²) in [4.78, 5) is 30.8. The SMILES string of the molecule is COc1ncccc1NC(=O)[C@H]1CC(=O)N([C@H](C)c2ccccc2)C1. The molecule has 0 saturated carbocycles. The van der Waals surface area contributed by atoms with Crippen LogP contribution in [0.3, 0.4) is 0 Å². The minimum absolute atomic E-state index is 0.00495. The van der Waals surface area contributed by atoms with E-state index in [0.29, 0.717) is 18.1 Å². The molecule has 25 heavy (non-hydrogen) atoms. The predicted molar refractivity (Wildman–Crippen MR) is 94.1 cm³/mol. The molecule has 2 aromatic rings. The van der Waals surface area contributed by atoms with Crippen molar-refractivity contribution >= 4 is 17.5 Å². The van der Waals surface area contributed by atoms with Crippen LogP contribution in [0.4, 0.5) is 5.69 Å². The van der Waals surface area contributed by atoms with Crippen LogP contribution in [0.5, 0.6) is 5.88 Å². The number of pyridine rings is 1. The van der Waals surface area contributed by atoms with Crippen LogP contribution in [0.25, 0.3) is 0 Å². The minimum atomic E-state index is -0.386. The zero-order valence-electron chi connectivity index (χ0n) is 14.3. The van der Waals surface area contributed by atoms with Crippen LogP contribution in [0, 0.1) is 5.92 Å². The summed E-state index contributed by atoms with van der Waals surface area (Å²) < 4.78 is 5.14. The van der Waals surface area contributed by atoms with E-state index < -0.39 is 0 Å². The van der Waals surface area contributed by atoms with Crippen molar-refractivity contribution in [3.8, 4) is 5.88 Å². The Balaban J connectivity index is 1.68. The molecule has 1 saturated heterocycles. The summed E-state index contributed by atoms with van der Waals surface area (Å²) in [5, 5.41) is 2.82. The number of aromatic nitrogens is 1. The highest BCUT2D eigenvalue weighted by Gasteiger charge is 2.37. The van der Waals surface area contributed by atoms with E-state index in [1.54, 1.807) is 23.2 Å². The highest BCUT2D eigenvalue weighted by molar-refractivity contribution is 5.98. The number of carbonyl (C=O) groups is 2. The molecule has 1 fully saturated rings. The highest BCUT2D eigenvalue weighted by atomic mass is 16.5. The van der Waals surface area contributed by atoms with Crippen molar-refractivity contribution in [2.45, 2.75) is 19.4 Å². The fourth-order valence-corrected chi connectivity index (χ4v) is 3.08. The second-order valence-electron chi connectivity index (χ2n) is 6.08. The number of nitrogens with zero attached hydrogens (tertiary/aromatic N) is 2. The average Bonchev–Trinajstić information content (AvgIpc) is 3.04. The molecule has 2 heterocycles. The van der Waals surface area contributed by atoms with Gasteiger partial charge in [-0.15, -0.1) is 0 Å². The first-order valence-corrected chi connectivity index (χ1v) is 8.24. The molecule has 1 N–H and O–H groups in total. The summed E-state index contributed by atoms with van der Waals surface area (Å²) in [6.07, 6.45) is 1.81. The van der Waals surface area contributed by atoms with Crippen molar-refractivity contribution in [1.82, 2.24) is 9.88 Å². The van der Waals surface area contributed by atoms with E-state index in [-0.39, 0.29) is 30.2 Å². The van der Waals surface area contributed by atoms with Crippen molar-refractivity contribution in [2.24, 2.45) is 5.92 Å². The number of amides is 2. The molecule has 2 atom stereocenters. The van der Waals surface area contributed by atoms with E-state index in [2.05, 4.69) is 10.3 Å². The number of hydrogen-bond acceptors (Lipinski definition) is 4. The summed E-state index contributed by atoms with van der Waals surface area (Å²) in [7, 11) is 1.50.